The van der Waals surface area contributed by atoms with Crippen LogP contribution in [0, 0.1) is 0 Å². The Morgan fingerprint density at radius 3 is 2.40 bits per heavy atom. The van der Waals surface area contributed by atoms with Gasteiger partial charge in [0, 0.05) is 11.6 Å². The molecule has 2 N–H and O–H groups in total. The number of aromatic carboxylic acids is 1. The van der Waals surface area contributed by atoms with Crippen molar-refractivity contribution in [3.8, 4) is 45.8 Å². The summed E-state index contributed by atoms with van der Waals surface area (Å²) in [5.74, 6) is -0.668. The van der Waals surface area contributed by atoms with Crippen LogP contribution in [0.15, 0.2) is 84.9 Å². The maximum Gasteiger partial charge on any atom is 0.573 e. The Labute approximate surface area is 252 Å². The zero-order chi connectivity index (χ0) is 31.6. The van der Waals surface area contributed by atoms with Gasteiger partial charge < -0.3 is 19.3 Å². The van der Waals surface area contributed by atoms with Gasteiger partial charge in [-0.25, -0.2) is 4.79 Å². The molecule has 6 rings (SSSR count). The number of aromatic amines is 1. The second-order valence-corrected chi connectivity index (χ2v) is 9.66. The standard InChI is InChI=1S/C31H23F3N6O5/c1-2-43-30-35-26-8-4-7-24(29(41)42)27(26)40(30)17-18-9-11-19(12-10-18)25-16-21(13-14-23(25)28-36-38-39-37-28)44-20-5-3-6-22(15-20)45-31(32,33)34/h3-16H,2,17H2,1H3,(H,41,42)(H,36,37,38,39). The lowest BCUT2D eigenvalue weighted by atomic mass is 9.97. The molecule has 0 aliphatic rings. The molecule has 4 aromatic carbocycles. The number of halogens is 3. The molecule has 0 unspecified atom stereocenters. The molecule has 0 amide bonds. The molecule has 45 heavy (non-hydrogen) atoms. The number of nitrogens with zero attached hydrogens (tertiary/aromatic N) is 5. The molecule has 11 nitrogen and oxygen atoms in total. The number of benzene rings is 4. The van der Waals surface area contributed by atoms with Crippen LogP contribution in [0.3, 0.4) is 0 Å². The maximum absolute atomic E-state index is 12.7. The highest BCUT2D eigenvalue weighted by Crippen LogP contribution is 2.36. The van der Waals surface area contributed by atoms with Gasteiger partial charge >= 0.3 is 12.3 Å². The van der Waals surface area contributed by atoms with E-state index in [1.807, 2.05) is 31.2 Å². The van der Waals surface area contributed by atoms with Crippen molar-refractivity contribution in [2.45, 2.75) is 19.8 Å². The van der Waals surface area contributed by atoms with Gasteiger partial charge in [0.2, 0.25) is 5.82 Å². The average Bonchev–Trinajstić information content (AvgIpc) is 3.66. The van der Waals surface area contributed by atoms with E-state index in [1.54, 1.807) is 34.9 Å². The number of carbonyl (C=O) groups is 1. The molecular formula is C31H23F3N6O5. The Kier molecular flexibility index (Phi) is 7.77. The van der Waals surface area contributed by atoms with Gasteiger partial charge in [-0.3, -0.25) is 4.57 Å². The third-order valence-electron chi connectivity index (χ3n) is 6.69. The number of ether oxygens (including phenoxy) is 3. The number of fused-ring (bicyclic) bond motifs is 1. The van der Waals surface area contributed by atoms with Crippen LogP contribution < -0.4 is 14.2 Å². The lowest BCUT2D eigenvalue weighted by Crippen LogP contribution is -2.17. The first-order valence-corrected chi connectivity index (χ1v) is 13.5. The number of rotatable bonds is 10. The van der Waals surface area contributed by atoms with E-state index in [2.05, 4.69) is 30.3 Å². The van der Waals surface area contributed by atoms with Crippen LogP contribution in [-0.2, 0) is 6.54 Å². The van der Waals surface area contributed by atoms with Crippen molar-refractivity contribution in [1.29, 1.82) is 0 Å². The number of carboxylic acid groups (broad SMARTS) is 1. The van der Waals surface area contributed by atoms with Gasteiger partial charge in [-0.05, 0) is 71.3 Å². The van der Waals surface area contributed by atoms with Gasteiger partial charge in [-0.2, -0.15) is 10.2 Å². The summed E-state index contributed by atoms with van der Waals surface area (Å²) in [6.07, 6.45) is -4.84. The highest BCUT2D eigenvalue weighted by molar-refractivity contribution is 6.01. The molecule has 0 saturated heterocycles. The lowest BCUT2D eigenvalue weighted by Gasteiger charge is -2.14. The normalized spacial score (nSPS) is 11.5. The highest BCUT2D eigenvalue weighted by Gasteiger charge is 2.31. The molecule has 0 saturated carbocycles. The number of nitrogens with one attached hydrogen (secondary N) is 1. The smallest absolute Gasteiger partial charge is 0.478 e. The van der Waals surface area contributed by atoms with Crippen molar-refractivity contribution < 1.29 is 37.3 Å². The van der Waals surface area contributed by atoms with Crippen LogP contribution in [0.4, 0.5) is 13.2 Å². The summed E-state index contributed by atoms with van der Waals surface area (Å²) in [6, 6.07) is 23.0. The zero-order valence-corrected chi connectivity index (χ0v) is 23.4. The van der Waals surface area contributed by atoms with Crippen molar-refractivity contribution in [2.24, 2.45) is 0 Å². The fourth-order valence-electron chi connectivity index (χ4n) is 4.86. The van der Waals surface area contributed by atoms with E-state index in [0.717, 1.165) is 17.2 Å². The van der Waals surface area contributed by atoms with E-state index in [4.69, 9.17) is 9.47 Å². The number of hydrogen-bond acceptors (Lipinski definition) is 8. The molecule has 0 radical (unpaired) electrons. The molecule has 14 heteroatoms. The van der Waals surface area contributed by atoms with Gasteiger partial charge in [0.05, 0.1) is 29.7 Å². The fourth-order valence-corrected chi connectivity index (χ4v) is 4.86. The molecule has 0 atom stereocenters. The maximum atomic E-state index is 12.7. The predicted molar refractivity (Wildman–Crippen MR) is 155 cm³/mol. The largest absolute Gasteiger partial charge is 0.573 e. The van der Waals surface area contributed by atoms with E-state index >= 15 is 0 Å². The number of hydrogen-bond donors (Lipinski definition) is 2. The van der Waals surface area contributed by atoms with E-state index in [0.29, 0.717) is 46.4 Å². The first kappa shape index (κ1) is 29.2. The van der Waals surface area contributed by atoms with Crippen molar-refractivity contribution in [3.63, 3.8) is 0 Å². The van der Waals surface area contributed by atoms with Gasteiger partial charge in [-0.15, -0.1) is 23.4 Å². The van der Waals surface area contributed by atoms with Crippen molar-refractivity contribution in [1.82, 2.24) is 30.2 Å². The Bertz CT molecular complexity index is 1980. The minimum atomic E-state index is -4.84. The zero-order valence-electron chi connectivity index (χ0n) is 23.4. The fraction of sp³-hybridized carbons (Fsp3) is 0.129. The molecule has 2 aromatic heterocycles. The third-order valence-corrected chi connectivity index (χ3v) is 6.69. The topological polar surface area (TPSA) is 137 Å². The Balaban J connectivity index is 1.34. The first-order valence-electron chi connectivity index (χ1n) is 13.5. The van der Waals surface area contributed by atoms with Crippen LogP contribution in [-0.4, -0.2) is 54.2 Å². The van der Waals surface area contributed by atoms with Gasteiger partial charge in [0.15, 0.2) is 0 Å². The van der Waals surface area contributed by atoms with Crippen molar-refractivity contribution in [2.75, 3.05) is 6.61 Å². The molecule has 0 fully saturated rings. The molecule has 6 aromatic rings. The molecule has 0 bridgehead atoms. The summed E-state index contributed by atoms with van der Waals surface area (Å²) in [7, 11) is 0. The lowest BCUT2D eigenvalue weighted by molar-refractivity contribution is -0.274. The first-order chi connectivity index (χ1) is 21.7. The van der Waals surface area contributed by atoms with Crippen molar-refractivity contribution in [3.05, 3.63) is 96.1 Å². The second kappa shape index (κ2) is 12.0. The number of imidazole rings is 1. The quantitative estimate of drug-likeness (QED) is 0.172. The molecule has 0 aliphatic heterocycles. The molecule has 0 spiro atoms. The summed E-state index contributed by atoms with van der Waals surface area (Å²) < 4.78 is 55.5. The summed E-state index contributed by atoms with van der Waals surface area (Å²) in [5.41, 5.74) is 3.96. The van der Waals surface area contributed by atoms with Gasteiger partial charge in [0.25, 0.3) is 6.01 Å². The summed E-state index contributed by atoms with van der Waals surface area (Å²) >= 11 is 0. The van der Waals surface area contributed by atoms with E-state index in [1.165, 1.54) is 24.3 Å². The second-order valence-electron chi connectivity index (χ2n) is 9.66. The van der Waals surface area contributed by atoms with Crippen LogP contribution >= 0.6 is 0 Å². The number of para-hydroxylation sites is 1. The Hall–Kier alpha value is -5.92. The minimum Gasteiger partial charge on any atom is -0.478 e. The highest BCUT2D eigenvalue weighted by atomic mass is 19.4. The molecule has 228 valence electrons. The Morgan fingerprint density at radius 1 is 0.933 bits per heavy atom. The van der Waals surface area contributed by atoms with Crippen LogP contribution in [0.5, 0.6) is 23.3 Å². The number of H-pyrrole nitrogens is 1. The van der Waals surface area contributed by atoms with Crippen LogP contribution in [0.1, 0.15) is 22.8 Å². The number of aromatic nitrogens is 6. The molecule has 2 heterocycles. The van der Waals surface area contributed by atoms with Crippen LogP contribution in [0.2, 0.25) is 0 Å². The summed E-state index contributed by atoms with van der Waals surface area (Å²) in [6.45, 7) is 2.46. The van der Waals surface area contributed by atoms with E-state index < -0.39 is 18.1 Å². The summed E-state index contributed by atoms with van der Waals surface area (Å²) in [4.78, 5) is 16.5. The van der Waals surface area contributed by atoms with Crippen LogP contribution in [0.25, 0.3) is 33.5 Å². The van der Waals surface area contributed by atoms with E-state index in [9.17, 15) is 23.1 Å². The predicted octanol–water partition coefficient (Wildman–Crippen LogP) is 6.72. The number of tetrazole rings is 1. The third kappa shape index (κ3) is 6.39. The minimum absolute atomic E-state index is 0.111. The van der Waals surface area contributed by atoms with Crippen molar-refractivity contribution >= 4 is 17.0 Å². The van der Waals surface area contributed by atoms with Gasteiger partial charge in [0.1, 0.15) is 17.2 Å². The number of carboxylic acids is 1. The molecular weight excluding hydrogens is 593 g/mol. The summed E-state index contributed by atoms with van der Waals surface area (Å²) in [5, 5.41) is 24.1. The Morgan fingerprint density at radius 2 is 1.69 bits per heavy atom. The SMILES string of the molecule is CCOc1nc2cccc(C(=O)O)c2n1Cc1ccc(-c2cc(Oc3cccc(OC(F)(F)F)c3)ccc2-c2nn[nH]n2)cc1. The van der Waals surface area contributed by atoms with Gasteiger partial charge in [-0.1, -0.05) is 36.4 Å². The van der Waals surface area contributed by atoms with E-state index in [-0.39, 0.29) is 17.9 Å². The average molecular weight is 617 g/mol. The number of alkyl halides is 3. The monoisotopic (exact) mass is 616 g/mol. The molecule has 0 aliphatic carbocycles.